The number of carbonyl (C=O) groups is 1. The quantitative estimate of drug-likeness (QED) is 0.791. The number of hydrogen-bond acceptors (Lipinski definition) is 2. The minimum absolute atomic E-state index is 0.145. The van der Waals surface area contributed by atoms with Crippen LogP contribution < -0.4 is 0 Å². The summed E-state index contributed by atoms with van der Waals surface area (Å²) in [6.07, 6.45) is 5.19. The number of ether oxygens (including phenoxy) is 1. The lowest BCUT2D eigenvalue weighted by Crippen LogP contribution is -2.08. The Morgan fingerprint density at radius 1 is 1.47 bits per heavy atom. The highest BCUT2D eigenvalue weighted by Crippen LogP contribution is 2.20. The highest BCUT2D eigenvalue weighted by atomic mass is 35.5. The Morgan fingerprint density at radius 3 is 3.00 bits per heavy atom. The first-order valence-electron chi connectivity index (χ1n) is 6.72. The largest absolute Gasteiger partial charge is 0.378 e. The fraction of sp³-hybridized carbons (Fsp3) is 0.533. The number of ketones is 1. The van der Waals surface area contributed by atoms with Crippen LogP contribution in [-0.4, -0.2) is 18.5 Å². The molecule has 0 spiro atoms. The van der Waals surface area contributed by atoms with E-state index in [4.69, 9.17) is 16.3 Å². The van der Waals surface area contributed by atoms with Crippen LogP contribution in [0, 0.1) is 5.82 Å². The summed E-state index contributed by atoms with van der Waals surface area (Å²) in [7, 11) is 0. The van der Waals surface area contributed by atoms with E-state index in [0.29, 0.717) is 23.1 Å². The van der Waals surface area contributed by atoms with Crippen LogP contribution in [0.5, 0.6) is 0 Å². The van der Waals surface area contributed by atoms with Crippen molar-refractivity contribution in [2.24, 2.45) is 0 Å². The molecule has 1 fully saturated rings. The first-order valence-corrected chi connectivity index (χ1v) is 7.10. The summed E-state index contributed by atoms with van der Waals surface area (Å²) in [4.78, 5) is 11.8. The Morgan fingerprint density at radius 2 is 2.32 bits per heavy atom. The van der Waals surface area contributed by atoms with Crippen LogP contribution in [0.4, 0.5) is 4.39 Å². The molecule has 0 saturated carbocycles. The summed E-state index contributed by atoms with van der Waals surface area (Å²) in [6.45, 7) is 0.851. The molecule has 0 bridgehead atoms. The molecule has 1 aliphatic rings. The molecule has 1 heterocycles. The third-order valence-corrected chi connectivity index (χ3v) is 3.76. The SMILES string of the molecule is O=C(CCCC1CCCO1)Cc1ccc(F)cc1Cl. The van der Waals surface area contributed by atoms with E-state index in [-0.39, 0.29) is 18.0 Å². The predicted octanol–water partition coefficient (Wildman–Crippen LogP) is 3.94. The Kier molecular flexibility index (Phi) is 5.34. The van der Waals surface area contributed by atoms with Gasteiger partial charge in [0.05, 0.1) is 6.10 Å². The van der Waals surface area contributed by atoms with E-state index in [1.54, 1.807) is 6.07 Å². The zero-order valence-electron chi connectivity index (χ0n) is 10.8. The minimum Gasteiger partial charge on any atom is -0.378 e. The van der Waals surface area contributed by atoms with Crippen molar-refractivity contribution in [1.82, 2.24) is 0 Å². The van der Waals surface area contributed by atoms with Gasteiger partial charge < -0.3 is 4.74 Å². The number of halogens is 2. The highest BCUT2D eigenvalue weighted by Gasteiger charge is 2.15. The topological polar surface area (TPSA) is 26.3 Å². The van der Waals surface area contributed by atoms with Gasteiger partial charge in [0, 0.05) is 24.5 Å². The summed E-state index contributed by atoms with van der Waals surface area (Å²) in [5, 5.41) is 0.326. The van der Waals surface area contributed by atoms with E-state index in [1.165, 1.54) is 12.1 Å². The third-order valence-electron chi connectivity index (χ3n) is 3.41. The summed E-state index contributed by atoms with van der Waals surface area (Å²) < 4.78 is 18.4. The molecule has 1 aromatic carbocycles. The van der Waals surface area contributed by atoms with Crippen LogP contribution in [-0.2, 0) is 16.0 Å². The van der Waals surface area contributed by atoms with E-state index < -0.39 is 0 Å². The number of carbonyl (C=O) groups excluding carboxylic acids is 1. The van der Waals surface area contributed by atoms with Crippen LogP contribution >= 0.6 is 11.6 Å². The summed E-state index contributed by atoms with van der Waals surface area (Å²) >= 11 is 5.90. The van der Waals surface area contributed by atoms with E-state index in [1.807, 2.05) is 0 Å². The van der Waals surface area contributed by atoms with Gasteiger partial charge in [-0.2, -0.15) is 0 Å². The van der Waals surface area contributed by atoms with Crippen LogP contribution in [0.25, 0.3) is 0 Å². The molecule has 0 radical (unpaired) electrons. The number of Topliss-reactive ketones (excluding diaryl/α,β-unsaturated/α-hetero) is 1. The molecule has 19 heavy (non-hydrogen) atoms. The lowest BCUT2D eigenvalue weighted by atomic mass is 10.0. The maximum Gasteiger partial charge on any atom is 0.137 e. The number of rotatable bonds is 6. The molecular weight excluding hydrogens is 267 g/mol. The Hall–Kier alpha value is -0.930. The molecule has 0 amide bonds. The van der Waals surface area contributed by atoms with E-state index in [0.717, 1.165) is 32.3 Å². The second kappa shape index (κ2) is 7.01. The number of hydrogen-bond donors (Lipinski definition) is 0. The molecule has 0 N–H and O–H groups in total. The van der Waals surface area contributed by atoms with Crippen LogP contribution in [0.3, 0.4) is 0 Å². The zero-order valence-corrected chi connectivity index (χ0v) is 11.6. The maximum absolute atomic E-state index is 12.9. The molecule has 0 aromatic heterocycles. The molecule has 2 rings (SSSR count). The second-order valence-electron chi connectivity index (χ2n) is 4.98. The smallest absolute Gasteiger partial charge is 0.137 e. The van der Waals surface area contributed by atoms with Crippen LogP contribution in [0.1, 0.15) is 37.7 Å². The van der Waals surface area contributed by atoms with Crippen molar-refractivity contribution in [1.29, 1.82) is 0 Å². The summed E-state index contributed by atoms with van der Waals surface area (Å²) in [5.74, 6) is -0.230. The van der Waals surface area contributed by atoms with E-state index in [9.17, 15) is 9.18 Å². The van der Waals surface area contributed by atoms with E-state index in [2.05, 4.69) is 0 Å². The standard InChI is InChI=1S/C15H18ClFO2/c16-15-10-12(17)7-6-11(15)9-13(18)3-1-4-14-5-2-8-19-14/h6-7,10,14H,1-5,8-9H2. The summed E-state index contributed by atoms with van der Waals surface area (Å²) in [5.41, 5.74) is 0.699. The van der Waals surface area contributed by atoms with Crippen LogP contribution in [0.15, 0.2) is 18.2 Å². The van der Waals surface area contributed by atoms with Gasteiger partial charge in [0.1, 0.15) is 11.6 Å². The van der Waals surface area contributed by atoms with Gasteiger partial charge in [0.25, 0.3) is 0 Å². The van der Waals surface area contributed by atoms with Crippen molar-refractivity contribution in [3.8, 4) is 0 Å². The van der Waals surface area contributed by atoms with Crippen molar-refractivity contribution in [2.75, 3.05) is 6.61 Å². The second-order valence-corrected chi connectivity index (χ2v) is 5.39. The number of benzene rings is 1. The highest BCUT2D eigenvalue weighted by molar-refractivity contribution is 6.31. The van der Waals surface area contributed by atoms with Gasteiger partial charge in [0.15, 0.2) is 0 Å². The van der Waals surface area contributed by atoms with Gasteiger partial charge in [-0.1, -0.05) is 17.7 Å². The first kappa shape index (κ1) is 14.5. The van der Waals surface area contributed by atoms with Gasteiger partial charge in [-0.05, 0) is 43.4 Å². The molecule has 1 saturated heterocycles. The van der Waals surface area contributed by atoms with Gasteiger partial charge in [-0.15, -0.1) is 0 Å². The van der Waals surface area contributed by atoms with Crippen molar-refractivity contribution in [3.05, 3.63) is 34.6 Å². The molecule has 1 unspecified atom stereocenters. The molecule has 1 aromatic rings. The maximum atomic E-state index is 12.9. The average molecular weight is 285 g/mol. The molecule has 4 heteroatoms. The predicted molar refractivity (Wildman–Crippen MR) is 72.9 cm³/mol. The fourth-order valence-electron chi connectivity index (χ4n) is 2.36. The molecule has 1 atom stereocenters. The molecule has 1 aliphatic heterocycles. The monoisotopic (exact) mass is 284 g/mol. The average Bonchev–Trinajstić information content (AvgIpc) is 2.86. The Balaban J connectivity index is 1.74. The third kappa shape index (κ3) is 4.59. The lowest BCUT2D eigenvalue weighted by molar-refractivity contribution is -0.118. The zero-order chi connectivity index (χ0) is 13.7. The van der Waals surface area contributed by atoms with Crippen molar-refractivity contribution >= 4 is 17.4 Å². The molecule has 2 nitrogen and oxygen atoms in total. The lowest BCUT2D eigenvalue weighted by Gasteiger charge is -2.08. The van der Waals surface area contributed by atoms with Crippen molar-refractivity contribution in [2.45, 2.75) is 44.6 Å². The fourth-order valence-corrected chi connectivity index (χ4v) is 2.60. The van der Waals surface area contributed by atoms with Crippen molar-refractivity contribution in [3.63, 3.8) is 0 Å². The van der Waals surface area contributed by atoms with Gasteiger partial charge >= 0.3 is 0 Å². The molecular formula is C15H18ClFO2. The summed E-state index contributed by atoms with van der Waals surface area (Å²) in [6, 6.07) is 4.16. The minimum atomic E-state index is -0.375. The van der Waals surface area contributed by atoms with E-state index >= 15 is 0 Å². The van der Waals surface area contributed by atoms with Crippen molar-refractivity contribution < 1.29 is 13.9 Å². The van der Waals surface area contributed by atoms with Crippen LogP contribution in [0.2, 0.25) is 5.02 Å². The molecule has 104 valence electrons. The van der Waals surface area contributed by atoms with Gasteiger partial charge in [-0.3, -0.25) is 4.79 Å². The normalized spacial score (nSPS) is 18.7. The Bertz CT molecular complexity index is 442. The Labute approximate surface area is 117 Å². The van der Waals surface area contributed by atoms with Gasteiger partial charge in [0.2, 0.25) is 0 Å². The van der Waals surface area contributed by atoms with Gasteiger partial charge in [-0.25, -0.2) is 4.39 Å². The first-order chi connectivity index (χ1) is 9.15. The molecule has 0 aliphatic carbocycles.